The van der Waals surface area contributed by atoms with Crippen molar-refractivity contribution < 1.29 is 8.42 Å². The molecule has 0 aliphatic carbocycles. The first-order valence-corrected chi connectivity index (χ1v) is 8.50. The van der Waals surface area contributed by atoms with E-state index in [1.807, 2.05) is 0 Å². The molecule has 0 saturated carbocycles. The zero-order chi connectivity index (χ0) is 13.3. The van der Waals surface area contributed by atoms with Crippen LogP contribution in [0.2, 0.25) is 4.34 Å². The lowest BCUT2D eigenvalue weighted by Crippen LogP contribution is -2.43. The molecule has 1 aliphatic heterocycles. The number of sulfonamides is 1. The van der Waals surface area contributed by atoms with Crippen LogP contribution in [-0.2, 0) is 10.0 Å². The van der Waals surface area contributed by atoms with Crippen LogP contribution in [-0.4, -0.2) is 30.8 Å². The third-order valence-electron chi connectivity index (χ3n) is 2.93. The summed E-state index contributed by atoms with van der Waals surface area (Å²) in [5.41, 5.74) is 5.61. The van der Waals surface area contributed by atoms with Crippen LogP contribution in [0.3, 0.4) is 0 Å². The van der Waals surface area contributed by atoms with E-state index in [1.165, 1.54) is 10.4 Å². The Bertz CT molecular complexity index is 555. The first kappa shape index (κ1) is 14.2. The van der Waals surface area contributed by atoms with Crippen molar-refractivity contribution in [2.45, 2.75) is 17.1 Å². The van der Waals surface area contributed by atoms with Crippen LogP contribution in [0, 0.1) is 5.92 Å². The summed E-state index contributed by atoms with van der Waals surface area (Å²) >= 11 is 11.8. The van der Waals surface area contributed by atoms with Crippen LogP contribution in [0.5, 0.6) is 0 Å². The zero-order valence-electron chi connectivity index (χ0n) is 9.50. The lowest BCUT2D eigenvalue weighted by Gasteiger charge is -2.30. The predicted octanol–water partition coefficient (Wildman–Crippen LogP) is 2.09. The minimum Gasteiger partial charge on any atom is -0.393 e. The quantitative estimate of drug-likeness (QED) is 0.865. The summed E-state index contributed by atoms with van der Waals surface area (Å²) in [5, 5.41) is 0. The molecule has 1 aliphatic rings. The van der Waals surface area contributed by atoms with Crippen molar-refractivity contribution in [1.29, 1.82) is 0 Å². The lowest BCUT2D eigenvalue weighted by atomic mass is 10.0. The fraction of sp³-hybridized carbons (Fsp3) is 0.500. The highest BCUT2D eigenvalue weighted by Gasteiger charge is 2.32. The molecule has 2 rings (SSSR count). The van der Waals surface area contributed by atoms with Gasteiger partial charge in [0.05, 0.1) is 9.32 Å². The number of nitrogens with two attached hydrogens (primary N) is 1. The Hall–Kier alpha value is -0.210. The molecular weight excluding hydrogens is 312 g/mol. The monoisotopic (exact) mass is 324 g/mol. The highest BCUT2D eigenvalue weighted by Crippen LogP contribution is 2.30. The molecular formula is C10H13ClN2O2S3. The van der Waals surface area contributed by atoms with Gasteiger partial charge < -0.3 is 5.73 Å². The summed E-state index contributed by atoms with van der Waals surface area (Å²) in [4.78, 5) is 0.388. The molecule has 1 fully saturated rings. The second kappa shape index (κ2) is 5.42. The lowest BCUT2D eigenvalue weighted by molar-refractivity contribution is 0.313. The minimum absolute atomic E-state index is 0.0287. The average molecular weight is 325 g/mol. The Balaban J connectivity index is 2.22. The van der Waals surface area contributed by atoms with E-state index in [4.69, 9.17) is 29.6 Å². The highest BCUT2D eigenvalue weighted by atomic mass is 35.5. The zero-order valence-corrected chi connectivity index (χ0v) is 12.7. The molecule has 1 saturated heterocycles. The van der Waals surface area contributed by atoms with Gasteiger partial charge in [-0.25, -0.2) is 8.42 Å². The smallest absolute Gasteiger partial charge is 0.252 e. The Morgan fingerprint density at radius 2 is 2.28 bits per heavy atom. The summed E-state index contributed by atoms with van der Waals surface area (Å²) < 4.78 is 26.9. The molecule has 100 valence electrons. The number of halogens is 1. The standard InChI is InChI=1S/C10H13ClN2O2S3/c11-8-3-4-9(17-8)18(14,15)13-5-1-2-7(6-13)10(12)16/h3-4,7H,1-2,5-6H2,(H2,12,16). The second-order valence-electron chi connectivity index (χ2n) is 4.16. The van der Waals surface area contributed by atoms with Gasteiger partial charge in [0.15, 0.2) is 0 Å². The van der Waals surface area contributed by atoms with Crippen LogP contribution >= 0.6 is 35.2 Å². The minimum atomic E-state index is -3.46. The van der Waals surface area contributed by atoms with Gasteiger partial charge in [0.1, 0.15) is 4.21 Å². The van der Waals surface area contributed by atoms with Gasteiger partial charge in [0.2, 0.25) is 0 Å². The van der Waals surface area contributed by atoms with E-state index in [-0.39, 0.29) is 10.1 Å². The van der Waals surface area contributed by atoms with Gasteiger partial charge in [-0.1, -0.05) is 23.8 Å². The van der Waals surface area contributed by atoms with E-state index in [1.54, 1.807) is 6.07 Å². The molecule has 1 atom stereocenters. The molecule has 18 heavy (non-hydrogen) atoms. The first-order chi connectivity index (χ1) is 8.41. The molecule has 0 amide bonds. The van der Waals surface area contributed by atoms with Crippen molar-refractivity contribution in [3.63, 3.8) is 0 Å². The number of thiocarbonyl (C=S) groups is 1. The van der Waals surface area contributed by atoms with Crippen molar-refractivity contribution in [1.82, 2.24) is 4.31 Å². The largest absolute Gasteiger partial charge is 0.393 e. The van der Waals surface area contributed by atoms with Gasteiger partial charge >= 0.3 is 0 Å². The van der Waals surface area contributed by atoms with Gasteiger partial charge in [0, 0.05) is 19.0 Å². The maximum Gasteiger partial charge on any atom is 0.252 e. The SMILES string of the molecule is NC(=S)C1CCCN(S(=O)(=O)c2ccc(Cl)s2)C1. The van der Waals surface area contributed by atoms with Crippen molar-refractivity contribution in [3.05, 3.63) is 16.5 Å². The van der Waals surface area contributed by atoms with E-state index in [2.05, 4.69) is 0 Å². The van der Waals surface area contributed by atoms with Crippen LogP contribution in [0.4, 0.5) is 0 Å². The number of hydrogen-bond donors (Lipinski definition) is 1. The normalized spacial score (nSPS) is 21.9. The third kappa shape index (κ3) is 2.85. The molecule has 1 aromatic rings. The summed E-state index contributed by atoms with van der Waals surface area (Å²) in [5.74, 6) is -0.0287. The van der Waals surface area contributed by atoms with Crippen LogP contribution < -0.4 is 5.73 Å². The fourth-order valence-electron chi connectivity index (χ4n) is 1.96. The van der Waals surface area contributed by atoms with E-state index in [9.17, 15) is 8.42 Å². The van der Waals surface area contributed by atoms with Crippen LogP contribution in [0.15, 0.2) is 16.3 Å². The van der Waals surface area contributed by atoms with E-state index in [0.717, 1.165) is 24.2 Å². The molecule has 1 unspecified atom stereocenters. The number of thiophene rings is 1. The molecule has 0 radical (unpaired) electrons. The number of piperidine rings is 1. The second-order valence-corrected chi connectivity index (χ2v) is 8.51. The molecule has 0 aromatic carbocycles. The van der Waals surface area contributed by atoms with Crippen LogP contribution in [0.25, 0.3) is 0 Å². The van der Waals surface area contributed by atoms with Gasteiger partial charge in [-0.3, -0.25) is 0 Å². The Kier molecular flexibility index (Phi) is 4.28. The maximum absolute atomic E-state index is 12.4. The van der Waals surface area contributed by atoms with Crippen LogP contribution in [0.1, 0.15) is 12.8 Å². The molecule has 0 bridgehead atoms. The number of hydrogen-bond acceptors (Lipinski definition) is 4. The van der Waals surface area contributed by atoms with Crippen molar-refractivity contribution in [2.24, 2.45) is 11.7 Å². The number of nitrogens with zero attached hydrogens (tertiary/aromatic N) is 1. The Labute approximate surface area is 121 Å². The molecule has 2 N–H and O–H groups in total. The van der Waals surface area contributed by atoms with Crippen molar-refractivity contribution in [2.75, 3.05) is 13.1 Å². The molecule has 4 nitrogen and oxygen atoms in total. The first-order valence-electron chi connectivity index (χ1n) is 5.46. The summed E-state index contributed by atoms with van der Waals surface area (Å²) in [7, 11) is -3.46. The molecule has 2 heterocycles. The van der Waals surface area contributed by atoms with E-state index in [0.29, 0.717) is 22.4 Å². The van der Waals surface area contributed by atoms with E-state index < -0.39 is 10.0 Å². The van der Waals surface area contributed by atoms with E-state index >= 15 is 0 Å². The average Bonchev–Trinajstić information content (AvgIpc) is 2.77. The molecule has 0 spiro atoms. The molecule has 1 aromatic heterocycles. The number of rotatable bonds is 3. The van der Waals surface area contributed by atoms with Crippen molar-refractivity contribution >= 4 is 50.2 Å². The predicted molar refractivity (Wildman–Crippen MR) is 77.6 cm³/mol. The topological polar surface area (TPSA) is 63.4 Å². The van der Waals surface area contributed by atoms with Gasteiger partial charge in [-0.05, 0) is 25.0 Å². The van der Waals surface area contributed by atoms with Gasteiger partial charge in [-0.2, -0.15) is 4.31 Å². The van der Waals surface area contributed by atoms with Gasteiger partial charge in [0.25, 0.3) is 10.0 Å². The van der Waals surface area contributed by atoms with Crippen molar-refractivity contribution in [3.8, 4) is 0 Å². The highest BCUT2D eigenvalue weighted by molar-refractivity contribution is 7.91. The Morgan fingerprint density at radius 3 is 2.83 bits per heavy atom. The van der Waals surface area contributed by atoms with Gasteiger partial charge in [-0.15, -0.1) is 11.3 Å². The third-order valence-corrected chi connectivity index (χ3v) is 6.83. The Morgan fingerprint density at radius 1 is 1.56 bits per heavy atom. The maximum atomic E-state index is 12.4. The summed E-state index contributed by atoms with van der Waals surface area (Å²) in [6.07, 6.45) is 1.63. The molecule has 8 heteroatoms. The summed E-state index contributed by atoms with van der Waals surface area (Å²) in [6.45, 7) is 0.879. The summed E-state index contributed by atoms with van der Waals surface area (Å²) in [6, 6.07) is 3.13. The fourth-order valence-corrected chi connectivity index (χ4v) is 5.31.